The van der Waals surface area contributed by atoms with Crippen molar-refractivity contribution in [1.82, 2.24) is 9.80 Å². The summed E-state index contributed by atoms with van der Waals surface area (Å²) in [6.07, 6.45) is 4.17. The number of likely N-dealkylation sites (N-methyl/N-ethyl adjacent to an activating group) is 1. The first-order chi connectivity index (χ1) is 12.1. The molecule has 0 aromatic heterocycles. The van der Waals surface area contributed by atoms with Gasteiger partial charge < -0.3 is 14.4 Å². The number of carbonyl (C=O) groups excluding carboxylic acids is 1. The SMILES string of the molecule is COc1cc(C#N)ccc1OC1CCC(N2CCN(C)C(=O)C2)CC1. The molecule has 1 saturated heterocycles. The predicted octanol–water partition coefficient (Wildman–Crippen LogP) is 2.03. The Morgan fingerprint density at radius 2 is 1.92 bits per heavy atom. The number of hydrogen-bond acceptors (Lipinski definition) is 5. The van der Waals surface area contributed by atoms with Gasteiger partial charge in [-0.05, 0) is 37.8 Å². The number of benzene rings is 1. The molecule has 1 aromatic rings. The van der Waals surface area contributed by atoms with Gasteiger partial charge in [-0.3, -0.25) is 9.69 Å². The highest BCUT2D eigenvalue weighted by Crippen LogP contribution is 2.33. The van der Waals surface area contributed by atoms with Crippen molar-refractivity contribution in [2.24, 2.45) is 0 Å². The average molecular weight is 343 g/mol. The second-order valence-corrected chi connectivity index (χ2v) is 6.81. The van der Waals surface area contributed by atoms with Gasteiger partial charge in [-0.1, -0.05) is 0 Å². The van der Waals surface area contributed by atoms with Crippen LogP contribution in [0.1, 0.15) is 31.2 Å². The largest absolute Gasteiger partial charge is 0.493 e. The zero-order valence-corrected chi connectivity index (χ0v) is 14.9. The summed E-state index contributed by atoms with van der Waals surface area (Å²) >= 11 is 0. The smallest absolute Gasteiger partial charge is 0.236 e. The number of ether oxygens (including phenoxy) is 2. The molecule has 1 heterocycles. The maximum Gasteiger partial charge on any atom is 0.236 e. The summed E-state index contributed by atoms with van der Waals surface area (Å²) in [4.78, 5) is 16.0. The third kappa shape index (κ3) is 4.05. The maximum absolute atomic E-state index is 11.9. The number of piperazine rings is 1. The van der Waals surface area contributed by atoms with Gasteiger partial charge in [0.2, 0.25) is 5.91 Å². The van der Waals surface area contributed by atoms with Crippen molar-refractivity contribution in [1.29, 1.82) is 5.26 Å². The molecule has 1 aliphatic carbocycles. The molecule has 25 heavy (non-hydrogen) atoms. The Morgan fingerprint density at radius 3 is 2.56 bits per heavy atom. The van der Waals surface area contributed by atoms with Crippen LogP contribution < -0.4 is 9.47 Å². The molecule has 1 saturated carbocycles. The lowest BCUT2D eigenvalue weighted by molar-refractivity contribution is -0.135. The van der Waals surface area contributed by atoms with Gasteiger partial charge in [0.05, 0.1) is 31.4 Å². The molecule has 0 radical (unpaired) electrons. The van der Waals surface area contributed by atoms with Gasteiger partial charge in [0.25, 0.3) is 0 Å². The third-order valence-corrected chi connectivity index (χ3v) is 5.23. The van der Waals surface area contributed by atoms with E-state index in [9.17, 15) is 4.79 Å². The highest BCUT2D eigenvalue weighted by Gasteiger charge is 2.31. The van der Waals surface area contributed by atoms with Gasteiger partial charge in [0, 0.05) is 32.2 Å². The van der Waals surface area contributed by atoms with E-state index in [1.165, 1.54) is 0 Å². The van der Waals surface area contributed by atoms with Crippen molar-refractivity contribution in [3.63, 3.8) is 0 Å². The molecule has 0 spiro atoms. The van der Waals surface area contributed by atoms with E-state index >= 15 is 0 Å². The molecule has 1 aliphatic heterocycles. The standard InChI is InChI=1S/C19H25N3O3/c1-21-9-10-22(13-19(21)23)15-4-6-16(7-5-15)25-17-8-3-14(12-20)11-18(17)24-2/h3,8,11,15-16H,4-7,9-10,13H2,1-2H3. The van der Waals surface area contributed by atoms with Crippen LogP contribution in [0.2, 0.25) is 0 Å². The fourth-order valence-electron chi connectivity index (χ4n) is 3.63. The highest BCUT2D eigenvalue weighted by atomic mass is 16.5. The van der Waals surface area contributed by atoms with Crippen molar-refractivity contribution in [3.05, 3.63) is 23.8 Å². The van der Waals surface area contributed by atoms with Crippen LogP contribution >= 0.6 is 0 Å². The Morgan fingerprint density at radius 1 is 1.16 bits per heavy atom. The third-order valence-electron chi connectivity index (χ3n) is 5.23. The lowest BCUT2D eigenvalue weighted by Gasteiger charge is -2.40. The molecule has 1 aromatic carbocycles. The summed E-state index contributed by atoms with van der Waals surface area (Å²) in [6.45, 7) is 2.32. The molecule has 2 fully saturated rings. The Labute approximate surface area is 148 Å². The minimum absolute atomic E-state index is 0.154. The van der Waals surface area contributed by atoms with E-state index in [2.05, 4.69) is 11.0 Å². The molecule has 0 N–H and O–H groups in total. The van der Waals surface area contributed by atoms with E-state index in [-0.39, 0.29) is 12.0 Å². The van der Waals surface area contributed by atoms with Crippen LogP contribution in [0, 0.1) is 11.3 Å². The molecular formula is C19H25N3O3. The van der Waals surface area contributed by atoms with Gasteiger partial charge in [-0.2, -0.15) is 5.26 Å². The molecule has 134 valence electrons. The van der Waals surface area contributed by atoms with Crippen LogP contribution in [0.5, 0.6) is 11.5 Å². The van der Waals surface area contributed by atoms with E-state index in [0.29, 0.717) is 29.6 Å². The minimum atomic E-state index is 0.154. The van der Waals surface area contributed by atoms with Crippen LogP contribution in [0.3, 0.4) is 0 Å². The zero-order chi connectivity index (χ0) is 17.8. The van der Waals surface area contributed by atoms with Crippen LogP contribution in [0.15, 0.2) is 18.2 Å². The lowest BCUT2D eigenvalue weighted by Crippen LogP contribution is -2.53. The number of nitrogens with zero attached hydrogens (tertiary/aromatic N) is 3. The first kappa shape index (κ1) is 17.6. The molecule has 0 unspecified atom stereocenters. The Balaban J connectivity index is 1.55. The summed E-state index contributed by atoms with van der Waals surface area (Å²) in [5, 5.41) is 8.98. The number of methoxy groups -OCH3 is 1. The van der Waals surface area contributed by atoms with Gasteiger partial charge in [0.15, 0.2) is 11.5 Å². The fourth-order valence-corrected chi connectivity index (χ4v) is 3.63. The number of carbonyl (C=O) groups is 1. The number of rotatable bonds is 4. The van der Waals surface area contributed by atoms with E-state index in [4.69, 9.17) is 14.7 Å². The van der Waals surface area contributed by atoms with Crippen molar-refractivity contribution in [2.45, 2.75) is 37.8 Å². The molecule has 3 rings (SSSR count). The highest BCUT2D eigenvalue weighted by molar-refractivity contribution is 5.78. The summed E-state index contributed by atoms with van der Waals surface area (Å²) in [5.41, 5.74) is 0.563. The van der Waals surface area contributed by atoms with Crippen LogP contribution in [0.4, 0.5) is 0 Å². The summed E-state index contributed by atoms with van der Waals surface area (Å²) in [5.74, 6) is 1.51. The Kier molecular flexibility index (Phi) is 5.44. The van der Waals surface area contributed by atoms with Crippen molar-refractivity contribution in [2.75, 3.05) is 33.8 Å². The minimum Gasteiger partial charge on any atom is -0.493 e. The molecule has 0 bridgehead atoms. The monoisotopic (exact) mass is 343 g/mol. The number of amides is 1. The molecule has 6 nitrogen and oxygen atoms in total. The Hall–Kier alpha value is -2.26. The van der Waals surface area contributed by atoms with E-state index < -0.39 is 0 Å². The van der Waals surface area contributed by atoms with Crippen molar-refractivity contribution < 1.29 is 14.3 Å². The van der Waals surface area contributed by atoms with Crippen LogP contribution in [-0.2, 0) is 4.79 Å². The van der Waals surface area contributed by atoms with Gasteiger partial charge in [-0.25, -0.2) is 0 Å². The van der Waals surface area contributed by atoms with E-state index in [1.807, 2.05) is 18.0 Å². The Bertz CT molecular complexity index is 662. The normalized spacial score (nSPS) is 24.7. The number of nitriles is 1. The van der Waals surface area contributed by atoms with Crippen molar-refractivity contribution in [3.8, 4) is 17.6 Å². The molecule has 6 heteroatoms. The second kappa shape index (κ2) is 7.75. The van der Waals surface area contributed by atoms with Gasteiger partial charge >= 0.3 is 0 Å². The topological polar surface area (TPSA) is 65.8 Å². The fraction of sp³-hybridized carbons (Fsp3) is 0.579. The summed E-state index contributed by atoms with van der Waals surface area (Å²) < 4.78 is 11.5. The van der Waals surface area contributed by atoms with Gasteiger partial charge in [0.1, 0.15) is 0 Å². The molecular weight excluding hydrogens is 318 g/mol. The quantitative estimate of drug-likeness (QED) is 0.837. The number of hydrogen-bond donors (Lipinski definition) is 0. The average Bonchev–Trinajstić information content (AvgIpc) is 2.65. The van der Waals surface area contributed by atoms with Crippen LogP contribution in [0.25, 0.3) is 0 Å². The molecule has 2 aliphatic rings. The molecule has 1 amide bonds. The lowest BCUT2D eigenvalue weighted by atomic mass is 9.91. The van der Waals surface area contributed by atoms with E-state index in [0.717, 1.165) is 38.8 Å². The summed E-state index contributed by atoms with van der Waals surface area (Å²) in [6, 6.07) is 7.84. The van der Waals surface area contributed by atoms with E-state index in [1.54, 1.807) is 19.2 Å². The zero-order valence-electron chi connectivity index (χ0n) is 14.9. The second-order valence-electron chi connectivity index (χ2n) is 6.81. The molecule has 0 atom stereocenters. The predicted molar refractivity (Wildman–Crippen MR) is 93.6 cm³/mol. The maximum atomic E-state index is 11.9. The first-order valence-corrected chi connectivity index (χ1v) is 8.83. The van der Waals surface area contributed by atoms with Crippen molar-refractivity contribution >= 4 is 5.91 Å². The summed E-state index contributed by atoms with van der Waals surface area (Å²) in [7, 11) is 3.46. The first-order valence-electron chi connectivity index (χ1n) is 8.83. The van der Waals surface area contributed by atoms with Gasteiger partial charge in [-0.15, -0.1) is 0 Å². The van der Waals surface area contributed by atoms with Crippen LogP contribution in [-0.4, -0.2) is 61.6 Å².